The highest BCUT2D eigenvalue weighted by molar-refractivity contribution is 5.66. The lowest BCUT2D eigenvalue weighted by molar-refractivity contribution is 0.145. The molecule has 3 aromatic rings. The molecule has 2 nitrogen and oxygen atoms in total. The highest BCUT2D eigenvalue weighted by atomic mass is 16.3. The molecule has 4 rings (SSSR count). The second kappa shape index (κ2) is 9.69. The third kappa shape index (κ3) is 5.44. The van der Waals surface area contributed by atoms with E-state index in [0.717, 1.165) is 44.5 Å². The highest BCUT2D eigenvalue weighted by Gasteiger charge is 2.15. The van der Waals surface area contributed by atoms with E-state index in [0.29, 0.717) is 0 Å². The van der Waals surface area contributed by atoms with Gasteiger partial charge in [0.05, 0.1) is 6.10 Å². The summed E-state index contributed by atoms with van der Waals surface area (Å²) in [5.74, 6) is 0. The van der Waals surface area contributed by atoms with Crippen LogP contribution in [0.15, 0.2) is 91.0 Å². The number of hydrogen-bond acceptors (Lipinski definition) is 2. The molecule has 29 heavy (non-hydrogen) atoms. The van der Waals surface area contributed by atoms with Gasteiger partial charge in [0.1, 0.15) is 0 Å². The van der Waals surface area contributed by atoms with Gasteiger partial charge in [-0.25, -0.2) is 0 Å². The van der Waals surface area contributed by atoms with Crippen molar-refractivity contribution in [1.29, 1.82) is 0 Å². The molecule has 0 fully saturated rings. The van der Waals surface area contributed by atoms with Gasteiger partial charge in [-0.05, 0) is 47.1 Å². The largest absolute Gasteiger partial charge is 0.388 e. The van der Waals surface area contributed by atoms with Gasteiger partial charge in [0.2, 0.25) is 0 Å². The number of aliphatic hydroxyl groups excluding tert-OH is 1. The van der Waals surface area contributed by atoms with Crippen LogP contribution in [0.4, 0.5) is 0 Å². The van der Waals surface area contributed by atoms with Crippen molar-refractivity contribution >= 4 is 5.57 Å². The SMILES string of the molecule is OC(CCN1CC=C(c2ccccc2)CC1)c1ccc(Cc2ccccc2)cc1. The summed E-state index contributed by atoms with van der Waals surface area (Å²) in [5.41, 5.74) is 6.38. The van der Waals surface area contributed by atoms with Gasteiger partial charge in [0.25, 0.3) is 0 Å². The van der Waals surface area contributed by atoms with Gasteiger partial charge in [-0.15, -0.1) is 0 Å². The van der Waals surface area contributed by atoms with Crippen LogP contribution in [-0.2, 0) is 6.42 Å². The minimum atomic E-state index is -0.403. The zero-order valence-corrected chi connectivity index (χ0v) is 16.9. The predicted octanol–water partition coefficient (Wildman–Crippen LogP) is 5.49. The summed E-state index contributed by atoms with van der Waals surface area (Å²) in [6.45, 7) is 2.95. The van der Waals surface area contributed by atoms with E-state index in [9.17, 15) is 5.11 Å². The van der Waals surface area contributed by atoms with Crippen LogP contribution in [0, 0.1) is 0 Å². The molecule has 1 heterocycles. The minimum Gasteiger partial charge on any atom is -0.388 e. The second-order valence-electron chi connectivity index (χ2n) is 7.85. The fraction of sp³-hybridized carbons (Fsp3) is 0.259. The Morgan fingerprint density at radius 3 is 2.10 bits per heavy atom. The molecule has 0 spiro atoms. The Morgan fingerprint density at radius 1 is 0.793 bits per heavy atom. The third-order valence-corrected chi connectivity index (χ3v) is 5.77. The molecule has 2 heteroatoms. The summed E-state index contributed by atoms with van der Waals surface area (Å²) in [5, 5.41) is 10.6. The van der Waals surface area contributed by atoms with E-state index in [2.05, 4.69) is 89.8 Å². The van der Waals surface area contributed by atoms with Crippen molar-refractivity contribution in [3.8, 4) is 0 Å². The quantitative estimate of drug-likeness (QED) is 0.583. The minimum absolute atomic E-state index is 0.403. The lowest BCUT2D eigenvalue weighted by Crippen LogP contribution is -2.30. The summed E-state index contributed by atoms with van der Waals surface area (Å²) in [7, 11) is 0. The zero-order valence-electron chi connectivity index (χ0n) is 16.9. The lowest BCUT2D eigenvalue weighted by atomic mass is 9.98. The molecule has 0 amide bonds. The first-order chi connectivity index (χ1) is 14.3. The molecule has 3 aromatic carbocycles. The first-order valence-electron chi connectivity index (χ1n) is 10.6. The van der Waals surface area contributed by atoms with Gasteiger partial charge in [0, 0.05) is 19.6 Å². The topological polar surface area (TPSA) is 23.5 Å². The van der Waals surface area contributed by atoms with Crippen LogP contribution in [0.1, 0.15) is 41.2 Å². The van der Waals surface area contributed by atoms with Crippen molar-refractivity contribution in [1.82, 2.24) is 4.90 Å². The first-order valence-corrected chi connectivity index (χ1v) is 10.6. The highest BCUT2D eigenvalue weighted by Crippen LogP contribution is 2.24. The summed E-state index contributed by atoms with van der Waals surface area (Å²) < 4.78 is 0. The van der Waals surface area contributed by atoms with Crippen LogP contribution in [0.3, 0.4) is 0 Å². The molecular weight excluding hydrogens is 354 g/mol. The molecule has 0 bridgehead atoms. The monoisotopic (exact) mass is 383 g/mol. The van der Waals surface area contributed by atoms with E-state index in [-0.39, 0.29) is 0 Å². The molecule has 1 unspecified atom stereocenters. The van der Waals surface area contributed by atoms with Crippen LogP contribution in [-0.4, -0.2) is 29.6 Å². The van der Waals surface area contributed by atoms with Gasteiger partial charge >= 0.3 is 0 Å². The van der Waals surface area contributed by atoms with Gasteiger partial charge in [-0.1, -0.05) is 91.0 Å². The Kier molecular flexibility index (Phi) is 6.56. The van der Waals surface area contributed by atoms with E-state index in [1.54, 1.807) is 0 Å². The average molecular weight is 384 g/mol. The predicted molar refractivity (Wildman–Crippen MR) is 121 cm³/mol. The fourth-order valence-corrected chi connectivity index (χ4v) is 3.99. The van der Waals surface area contributed by atoms with E-state index >= 15 is 0 Å². The maximum Gasteiger partial charge on any atom is 0.0802 e. The van der Waals surface area contributed by atoms with E-state index in [1.807, 2.05) is 6.07 Å². The molecular formula is C27H29NO. The summed E-state index contributed by atoms with van der Waals surface area (Å²) in [6, 6.07) is 29.6. The Bertz CT molecular complexity index is 916. The molecule has 0 aliphatic carbocycles. The van der Waals surface area contributed by atoms with E-state index in [4.69, 9.17) is 0 Å². The number of benzene rings is 3. The van der Waals surface area contributed by atoms with E-state index < -0.39 is 6.10 Å². The van der Waals surface area contributed by atoms with Crippen LogP contribution >= 0.6 is 0 Å². The standard InChI is InChI=1S/C27H29NO/c29-27(26-13-11-23(12-14-26)21-22-7-3-1-4-8-22)17-20-28-18-15-25(16-19-28)24-9-5-2-6-10-24/h1-15,27,29H,16-21H2. The Hall–Kier alpha value is -2.68. The average Bonchev–Trinajstić information content (AvgIpc) is 2.80. The van der Waals surface area contributed by atoms with Gasteiger partial charge in [-0.3, -0.25) is 4.90 Å². The molecule has 148 valence electrons. The molecule has 0 saturated carbocycles. The van der Waals surface area contributed by atoms with Crippen LogP contribution in [0.2, 0.25) is 0 Å². The molecule has 1 aliphatic heterocycles. The Labute approximate surface area is 174 Å². The molecule has 1 N–H and O–H groups in total. The normalized spacial score (nSPS) is 15.7. The molecule has 0 saturated heterocycles. The smallest absolute Gasteiger partial charge is 0.0802 e. The van der Waals surface area contributed by atoms with Gasteiger partial charge in [-0.2, -0.15) is 0 Å². The fourth-order valence-electron chi connectivity index (χ4n) is 3.99. The van der Waals surface area contributed by atoms with Crippen molar-refractivity contribution in [3.05, 3.63) is 113 Å². The maximum atomic E-state index is 10.6. The van der Waals surface area contributed by atoms with Gasteiger partial charge in [0.15, 0.2) is 0 Å². The summed E-state index contributed by atoms with van der Waals surface area (Å²) in [6.07, 6.45) is 4.71. The Balaban J connectivity index is 1.27. The second-order valence-corrected chi connectivity index (χ2v) is 7.85. The summed E-state index contributed by atoms with van der Waals surface area (Å²) >= 11 is 0. The third-order valence-electron chi connectivity index (χ3n) is 5.77. The number of aliphatic hydroxyl groups is 1. The van der Waals surface area contributed by atoms with Crippen LogP contribution in [0.5, 0.6) is 0 Å². The van der Waals surface area contributed by atoms with E-state index in [1.165, 1.54) is 22.3 Å². The maximum absolute atomic E-state index is 10.6. The molecule has 0 radical (unpaired) electrons. The van der Waals surface area contributed by atoms with Crippen molar-refractivity contribution < 1.29 is 5.11 Å². The van der Waals surface area contributed by atoms with Crippen LogP contribution < -0.4 is 0 Å². The van der Waals surface area contributed by atoms with Gasteiger partial charge < -0.3 is 5.11 Å². The lowest BCUT2D eigenvalue weighted by Gasteiger charge is -2.27. The van der Waals surface area contributed by atoms with Crippen molar-refractivity contribution in [2.24, 2.45) is 0 Å². The molecule has 1 aliphatic rings. The van der Waals surface area contributed by atoms with Crippen molar-refractivity contribution in [3.63, 3.8) is 0 Å². The molecule has 0 aromatic heterocycles. The number of hydrogen-bond donors (Lipinski definition) is 1. The number of rotatable bonds is 7. The van der Waals surface area contributed by atoms with Crippen LogP contribution in [0.25, 0.3) is 5.57 Å². The summed E-state index contributed by atoms with van der Waals surface area (Å²) in [4.78, 5) is 2.43. The Morgan fingerprint density at radius 2 is 1.45 bits per heavy atom. The zero-order chi connectivity index (χ0) is 19.9. The van der Waals surface area contributed by atoms with Crippen molar-refractivity contribution in [2.45, 2.75) is 25.4 Å². The number of nitrogens with zero attached hydrogens (tertiary/aromatic N) is 1. The van der Waals surface area contributed by atoms with Crippen molar-refractivity contribution in [2.75, 3.05) is 19.6 Å². The molecule has 1 atom stereocenters. The first kappa shape index (κ1) is 19.6.